The molecule has 1 heterocycles. The molecule has 14 heavy (non-hydrogen) atoms. The van der Waals surface area contributed by atoms with Gasteiger partial charge in [-0.3, -0.25) is 0 Å². The van der Waals surface area contributed by atoms with E-state index in [1.165, 1.54) is 0 Å². The maximum absolute atomic E-state index is 12.5. The Morgan fingerprint density at radius 3 is 2.50 bits per heavy atom. The molecule has 1 saturated carbocycles. The first-order chi connectivity index (χ1) is 6.39. The van der Waals surface area contributed by atoms with Crippen LogP contribution in [0.3, 0.4) is 0 Å². The van der Waals surface area contributed by atoms with Crippen molar-refractivity contribution in [3.63, 3.8) is 0 Å². The third-order valence-electron chi connectivity index (χ3n) is 2.84. The zero-order valence-electron chi connectivity index (χ0n) is 7.67. The van der Waals surface area contributed by atoms with E-state index in [9.17, 15) is 17.2 Å². The monoisotopic (exact) mass is 225 g/mol. The van der Waals surface area contributed by atoms with Crippen LogP contribution in [0.15, 0.2) is 0 Å². The molecule has 0 radical (unpaired) electrons. The molecule has 2 atom stereocenters. The van der Waals surface area contributed by atoms with Crippen molar-refractivity contribution in [2.24, 2.45) is 5.92 Å². The molecule has 0 aromatic heterocycles. The highest BCUT2D eigenvalue weighted by atomic mass is 32.2. The molecule has 2 unspecified atom stereocenters. The molecule has 1 aliphatic carbocycles. The van der Waals surface area contributed by atoms with Crippen LogP contribution in [0.5, 0.6) is 0 Å². The second kappa shape index (κ2) is 3.13. The van der Waals surface area contributed by atoms with Gasteiger partial charge in [0.25, 0.3) is 5.92 Å². The minimum Gasteiger partial charge on any atom is -0.312 e. The lowest BCUT2D eigenvalue weighted by Gasteiger charge is -2.09. The highest BCUT2D eigenvalue weighted by molar-refractivity contribution is 7.91. The summed E-state index contributed by atoms with van der Waals surface area (Å²) in [5, 5.41) is 2.90. The largest absolute Gasteiger partial charge is 0.312 e. The van der Waals surface area contributed by atoms with E-state index in [0.717, 1.165) is 0 Å². The van der Waals surface area contributed by atoms with Crippen LogP contribution in [0, 0.1) is 5.92 Å². The van der Waals surface area contributed by atoms with E-state index in [4.69, 9.17) is 0 Å². The summed E-state index contributed by atoms with van der Waals surface area (Å²) in [5.41, 5.74) is 0. The van der Waals surface area contributed by atoms with Gasteiger partial charge >= 0.3 is 0 Å². The van der Waals surface area contributed by atoms with Crippen LogP contribution in [-0.2, 0) is 9.84 Å². The zero-order chi connectivity index (χ0) is 10.4. The van der Waals surface area contributed by atoms with Crippen LogP contribution < -0.4 is 5.32 Å². The summed E-state index contributed by atoms with van der Waals surface area (Å²) in [6, 6.07) is -0.114. The maximum atomic E-state index is 12.5. The van der Waals surface area contributed by atoms with Gasteiger partial charge in [-0.15, -0.1) is 0 Å². The third kappa shape index (κ3) is 2.23. The van der Waals surface area contributed by atoms with Crippen molar-refractivity contribution in [3.05, 3.63) is 0 Å². The molecule has 1 aliphatic heterocycles. The number of hydrogen-bond acceptors (Lipinski definition) is 3. The van der Waals surface area contributed by atoms with Crippen molar-refractivity contribution in [3.8, 4) is 0 Å². The molecule has 82 valence electrons. The zero-order valence-corrected chi connectivity index (χ0v) is 8.49. The van der Waals surface area contributed by atoms with E-state index < -0.39 is 21.7 Å². The van der Waals surface area contributed by atoms with Crippen LogP contribution >= 0.6 is 0 Å². The smallest absolute Gasteiger partial charge is 0.252 e. The third-order valence-corrected chi connectivity index (χ3v) is 4.61. The molecule has 6 heteroatoms. The molecule has 0 spiro atoms. The first-order valence-corrected chi connectivity index (χ1v) is 6.53. The van der Waals surface area contributed by atoms with Crippen molar-refractivity contribution in [1.29, 1.82) is 0 Å². The van der Waals surface area contributed by atoms with Crippen molar-refractivity contribution in [2.45, 2.75) is 24.8 Å². The summed E-state index contributed by atoms with van der Waals surface area (Å²) < 4.78 is 47.0. The van der Waals surface area contributed by atoms with E-state index in [0.29, 0.717) is 6.42 Å². The number of alkyl halides is 2. The van der Waals surface area contributed by atoms with Gasteiger partial charge in [-0.05, 0) is 6.42 Å². The molecule has 2 fully saturated rings. The predicted molar refractivity (Wildman–Crippen MR) is 48.1 cm³/mol. The number of nitrogens with one attached hydrogen (secondary N) is 1. The Hall–Kier alpha value is -0.230. The fourth-order valence-corrected chi connectivity index (χ4v) is 3.46. The fourth-order valence-electron chi connectivity index (χ4n) is 1.76. The average Bonchev–Trinajstić information content (AvgIpc) is 2.48. The molecule has 0 aromatic rings. The summed E-state index contributed by atoms with van der Waals surface area (Å²) in [4.78, 5) is 0. The van der Waals surface area contributed by atoms with Gasteiger partial charge in [0.1, 0.15) is 0 Å². The average molecular weight is 225 g/mol. The first kappa shape index (κ1) is 10.3. The van der Waals surface area contributed by atoms with Gasteiger partial charge in [0.05, 0.1) is 11.5 Å². The summed E-state index contributed by atoms with van der Waals surface area (Å²) in [5.74, 6) is -2.80. The number of halogens is 2. The van der Waals surface area contributed by atoms with Crippen molar-refractivity contribution < 1.29 is 17.2 Å². The van der Waals surface area contributed by atoms with E-state index in [-0.39, 0.29) is 30.5 Å². The van der Waals surface area contributed by atoms with E-state index in [2.05, 4.69) is 5.32 Å². The second-order valence-electron chi connectivity index (χ2n) is 4.17. The Bertz CT molecular complexity index is 328. The van der Waals surface area contributed by atoms with Gasteiger partial charge < -0.3 is 5.32 Å². The molecule has 2 rings (SSSR count). The lowest BCUT2D eigenvalue weighted by Crippen LogP contribution is -2.32. The molecule has 0 amide bonds. The lowest BCUT2D eigenvalue weighted by atomic mass is 10.2. The molecular formula is C8H13F2NO2S. The lowest BCUT2D eigenvalue weighted by molar-refractivity contribution is 0.0982. The standard InChI is InChI=1S/C8H13F2NO2S/c9-8(10)3-6(8)4-11-7-1-2-14(12,13)5-7/h6-7,11H,1-5H2. The molecule has 1 N–H and O–H groups in total. The van der Waals surface area contributed by atoms with Gasteiger partial charge in [-0.1, -0.05) is 0 Å². The van der Waals surface area contributed by atoms with Crippen LogP contribution in [0.25, 0.3) is 0 Å². The van der Waals surface area contributed by atoms with Gasteiger partial charge in [-0.25, -0.2) is 17.2 Å². The molecule has 2 aliphatic rings. The van der Waals surface area contributed by atoms with Crippen LogP contribution in [0.2, 0.25) is 0 Å². The van der Waals surface area contributed by atoms with E-state index >= 15 is 0 Å². The van der Waals surface area contributed by atoms with Crippen LogP contribution in [-0.4, -0.2) is 38.4 Å². The highest BCUT2D eigenvalue weighted by Gasteiger charge is 2.56. The highest BCUT2D eigenvalue weighted by Crippen LogP contribution is 2.48. The number of hydrogen-bond donors (Lipinski definition) is 1. The topological polar surface area (TPSA) is 46.2 Å². The quantitative estimate of drug-likeness (QED) is 0.757. The normalized spacial score (nSPS) is 38.4. The Morgan fingerprint density at radius 1 is 1.43 bits per heavy atom. The maximum Gasteiger partial charge on any atom is 0.252 e. The second-order valence-corrected chi connectivity index (χ2v) is 6.40. The number of sulfone groups is 1. The Labute approximate surface area is 81.8 Å². The Kier molecular flexibility index (Phi) is 2.30. The minimum absolute atomic E-state index is 0.0561. The van der Waals surface area contributed by atoms with Crippen molar-refractivity contribution in [2.75, 3.05) is 18.1 Å². The Morgan fingerprint density at radius 2 is 2.07 bits per heavy atom. The van der Waals surface area contributed by atoms with Gasteiger partial charge in [0.15, 0.2) is 9.84 Å². The fraction of sp³-hybridized carbons (Fsp3) is 1.00. The summed E-state index contributed by atoms with van der Waals surface area (Å²) in [6.07, 6.45) is 0.500. The summed E-state index contributed by atoms with van der Waals surface area (Å²) in [7, 11) is -2.90. The molecule has 0 bridgehead atoms. The molecule has 0 aromatic carbocycles. The van der Waals surface area contributed by atoms with Crippen molar-refractivity contribution >= 4 is 9.84 Å². The minimum atomic E-state index is -2.90. The molecular weight excluding hydrogens is 212 g/mol. The van der Waals surface area contributed by atoms with Gasteiger partial charge in [0, 0.05) is 24.9 Å². The van der Waals surface area contributed by atoms with Crippen molar-refractivity contribution in [1.82, 2.24) is 5.32 Å². The predicted octanol–water partition coefficient (Wildman–Crippen LogP) is 0.418. The SMILES string of the molecule is O=S1(=O)CCC(NCC2CC2(F)F)C1. The van der Waals surface area contributed by atoms with Gasteiger partial charge in [0.2, 0.25) is 0 Å². The number of rotatable bonds is 3. The Balaban J connectivity index is 1.73. The van der Waals surface area contributed by atoms with E-state index in [1.807, 2.05) is 0 Å². The first-order valence-electron chi connectivity index (χ1n) is 4.71. The van der Waals surface area contributed by atoms with Crippen LogP contribution in [0.1, 0.15) is 12.8 Å². The van der Waals surface area contributed by atoms with Crippen LogP contribution in [0.4, 0.5) is 8.78 Å². The van der Waals surface area contributed by atoms with E-state index in [1.54, 1.807) is 0 Å². The summed E-state index contributed by atoms with van der Waals surface area (Å²) >= 11 is 0. The molecule has 1 saturated heterocycles. The molecule has 3 nitrogen and oxygen atoms in total. The van der Waals surface area contributed by atoms with Gasteiger partial charge in [-0.2, -0.15) is 0 Å². The summed E-state index contributed by atoms with van der Waals surface area (Å²) in [6.45, 7) is 0.243.